The van der Waals surface area contributed by atoms with Gasteiger partial charge >= 0.3 is 0 Å². The van der Waals surface area contributed by atoms with Crippen molar-refractivity contribution >= 4 is 35.0 Å². The summed E-state index contributed by atoms with van der Waals surface area (Å²) in [6, 6.07) is 18.6. The molecule has 1 heterocycles. The molecule has 37 heavy (non-hydrogen) atoms. The van der Waals surface area contributed by atoms with Gasteiger partial charge in [-0.1, -0.05) is 24.3 Å². The first-order chi connectivity index (χ1) is 18.0. The standard InChI is InChI=1S/C28H30N2O6S/c1-5-36-21-12-8-6-10-19(21)29-26(31)17-30-20-11-7-9-13-24(20)37-25(16-27(30)32)18-14-22(33-2)28(35-4)23(15-18)34-3/h6-15,25H,5,16-17H2,1-4H3,(H,29,31)/t25-/m0/s1. The summed E-state index contributed by atoms with van der Waals surface area (Å²) in [7, 11) is 4.67. The summed E-state index contributed by atoms with van der Waals surface area (Å²) >= 11 is 1.56. The van der Waals surface area contributed by atoms with Crippen molar-refractivity contribution in [2.24, 2.45) is 0 Å². The summed E-state index contributed by atoms with van der Waals surface area (Å²) in [4.78, 5) is 29.1. The van der Waals surface area contributed by atoms with E-state index in [1.807, 2.05) is 55.5 Å². The first kappa shape index (κ1) is 26.2. The number of nitrogens with zero attached hydrogens (tertiary/aromatic N) is 1. The van der Waals surface area contributed by atoms with E-state index in [1.165, 1.54) is 0 Å². The van der Waals surface area contributed by atoms with Gasteiger partial charge in [-0.05, 0) is 48.9 Å². The largest absolute Gasteiger partial charge is 0.493 e. The zero-order valence-corrected chi connectivity index (χ0v) is 22.1. The van der Waals surface area contributed by atoms with Crippen LogP contribution < -0.4 is 29.2 Å². The van der Waals surface area contributed by atoms with Gasteiger partial charge in [0.05, 0.1) is 39.3 Å². The number of rotatable bonds is 9. The van der Waals surface area contributed by atoms with Crippen LogP contribution in [0.1, 0.15) is 24.2 Å². The minimum absolute atomic E-state index is 0.126. The Morgan fingerprint density at radius 2 is 1.65 bits per heavy atom. The van der Waals surface area contributed by atoms with Crippen LogP contribution in [0.15, 0.2) is 65.6 Å². The number of carbonyl (C=O) groups is 2. The Kier molecular flexibility index (Phi) is 8.45. The fourth-order valence-electron chi connectivity index (χ4n) is 4.21. The molecule has 0 saturated carbocycles. The van der Waals surface area contributed by atoms with Gasteiger partial charge in [0.25, 0.3) is 0 Å². The first-order valence-corrected chi connectivity index (χ1v) is 12.7. The summed E-state index contributed by atoms with van der Waals surface area (Å²) in [6.45, 7) is 2.23. The smallest absolute Gasteiger partial charge is 0.244 e. The van der Waals surface area contributed by atoms with Crippen molar-refractivity contribution in [3.63, 3.8) is 0 Å². The average Bonchev–Trinajstić information content (AvgIpc) is 3.05. The van der Waals surface area contributed by atoms with Crippen molar-refractivity contribution in [2.75, 3.05) is 44.7 Å². The molecule has 194 valence electrons. The fourth-order valence-corrected chi connectivity index (χ4v) is 5.47. The van der Waals surface area contributed by atoms with Gasteiger partial charge in [0.2, 0.25) is 17.6 Å². The Morgan fingerprint density at radius 1 is 0.973 bits per heavy atom. The van der Waals surface area contributed by atoms with E-state index >= 15 is 0 Å². The molecule has 0 spiro atoms. The molecule has 1 atom stereocenters. The van der Waals surface area contributed by atoms with Crippen molar-refractivity contribution in [3.05, 3.63) is 66.2 Å². The molecule has 0 fully saturated rings. The minimum Gasteiger partial charge on any atom is -0.493 e. The normalized spacial score (nSPS) is 14.9. The zero-order valence-electron chi connectivity index (χ0n) is 21.3. The van der Waals surface area contributed by atoms with E-state index in [9.17, 15) is 9.59 Å². The molecule has 2 amide bonds. The molecule has 1 aliphatic rings. The number of fused-ring (bicyclic) bond motifs is 1. The Hall–Kier alpha value is -3.85. The number of ether oxygens (including phenoxy) is 4. The van der Waals surface area contributed by atoms with Gasteiger partial charge in [-0.25, -0.2) is 0 Å². The van der Waals surface area contributed by atoms with Gasteiger partial charge in [0, 0.05) is 16.6 Å². The lowest BCUT2D eigenvalue weighted by molar-refractivity contribution is -0.121. The predicted octanol–water partition coefficient (Wildman–Crippen LogP) is 5.32. The second-order valence-corrected chi connectivity index (χ2v) is 9.44. The Bertz CT molecular complexity index is 1260. The molecular formula is C28H30N2O6S. The highest BCUT2D eigenvalue weighted by Gasteiger charge is 2.31. The van der Waals surface area contributed by atoms with Gasteiger partial charge in [-0.3, -0.25) is 9.59 Å². The number of benzene rings is 3. The molecule has 3 aromatic rings. The molecule has 1 aliphatic heterocycles. The van der Waals surface area contributed by atoms with E-state index in [4.69, 9.17) is 18.9 Å². The van der Waals surface area contributed by atoms with Crippen LogP contribution in [0.5, 0.6) is 23.0 Å². The van der Waals surface area contributed by atoms with Crippen LogP contribution in [0.3, 0.4) is 0 Å². The molecule has 3 aromatic carbocycles. The fraction of sp³-hybridized carbons (Fsp3) is 0.286. The van der Waals surface area contributed by atoms with Crippen LogP contribution in [0.4, 0.5) is 11.4 Å². The van der Waals surface area contributed by atoms with Crippen LogP contribution in [0.25, 0.3) is 0 Å². The van der Waals surface area contributed by atoms with Crippen molar-refractivity contribution in [1.29, 1.82) is 0 Å². The molecule has 0 radical (unpaired) electrons. The van der Waals surface area contributed by atoms with E-state index in [2.05, 4.69) is 5.32 Å². The minimum atomic E-state index is -0.313. The quantitative estimate of drug-likeness (QED) is 0.407. The number of amides is 2. The SMILES string of the molecule is CCOc1ccccc1NC(=O)CN1C(=O)C[C@@H](c2cc(OC)c(OC)c(OC)c2)Sc2ccccc21. The van der Waals surface area contributed by atoms with Gasteiger partial charge in [0.15, 0.2) is 11.5 Å². The molecule has 9 heteroatoms. The summed E-state index contributed by atoms with van der Waals surface area (Å²) < 4.78 is 22.1. The molecular weight excluding hydrogens is 492 g/mol. The lowest BCUT2D eigenvalue weighted by Crippen LogP contribution is -2.38. The number of methoxy groups -OCH3 is 3. The lowest BCUT2D eigenvalue weighted by Gasteiger charge is -2.22. The molecule has 0 aromatic heterocycles. The average molecular weight is 523 g/mol. The highest BCUT2D eigenvalue weighted by molar-refractivity contribution is 7.99. The third-order valence-electron chi connectivity index (χ3n) is 5.91. The number of para-hydroxylation sites is 3. The first-order valence-electron chi connectivity index (χ1n) is 11.9. The van der Waals surface area contributed by atoms with Crippen molar-refractivity contribution in [3.8, 4) is 23.0 Å². The van der Waals surface area contributed by atoms with Crippen LogP contribution in [-0.2, 0) is 9.59 Å². The summed E-state index contributed by atoms with van der Waals surface area (Å²) in [5, 5.41) is 2.66. The molecule has 4 rings (SSSR count). The van der Waals surface area contributed by atoms with E-state index in [0.717, 1.165) is 10.5 Å². The van der Waals surface area contributed by atoms with Gasteiger partial charge in [-0.2, -0.15) is 0 Å². The molecule has 0 bridgehead atoms. The summed E-state index contributed by atoms with van der Waals surface area (Å²) in [6.07, 6.45) is 0.181. The van der Waals surface area contributed by atoms with E-state index in [-0.39, 0.29) is 30.0 Å². The zero-order chi connectivity index (χ0) is 26.4. The highest BCUT2D eigenvalue weighted by atomic mass is 32.2. The Balaban J connectivity index is 1.62. The van der Waals surface area contributed by atoms with E-state index < -0.39 is 0 Å². The molecule has 8 nitrogen and oxygen atoms in total. The molecule has 0 unspecified atom stereocenters. The van der Waals surface area contributed by atoms with Crippen molar-refractivity contribution < 1.29 is 28.5 Å². The number of anilines is 2. The topological polar surface area (TPSA) is 86.3 Å². The maximum absolute atomic E-state index is 13.6. The van der Waals surface area contributed by atoms with Crippen molar-refractivity contribution in [2.45, 2.75) is 23.5 Å². The number of nitrogens with one attached hydrogen (secondary N) is 1. The molecule has 0 aliphatic carbocycles. The predicted molar refractivity (Wildman–Crippen MR) is 144 cm³/mol. The van der Waals surface area contributed by atoms with Crippen LogP contribution in [-0.4, -0.2) is 46.3 Å². The summed E-state index contributed by atoms with van der Waals surface area (Å²) in [5.41, 5.74) is 2.12. The van der Waals surface area contributed by atoms with E-state index in [1.54, 1.807) is 50.1 Å². The third-order valence-corrected chi connectivity index (χ3v) is 7.23. The second-order valence-electron chi connectivity index (χ2n) is 8.19. The third kappa shape index (κ3) is 5.77. The molecule has 0 saturated heterocycles. The van der Waals surface area contributed by atoms with Crippen molar-refractivity contribution in [1.82, 2.24) is 0 Å². The van der Waals surface area contributed by atoms with E-state index in [0.29, 0.717) is 41.0 Å². The molecule has 1 N–H and O–H groups in total. The lowest BCUT2D eigenvalue weighted by atomic mass is 10.1. The van der Waals surface area contributed by atoms with Gasteiger partial charge in [-0.15, -0.1) is 11.8 Å². The van der Waals surface area contributed by atoms with Crippen LogP contribution >= 0.6 is 11.8 Å². The van der Waals surface area contributed by atoms with Gasteiger partial charge in [0.1, 0.15) is 12.3 Å². The monoisotopic (exact) mass is 522 g/mol. The summed E-state index contributed by atoms with van der Waals surface area (Å²) in [5.74, 6) is 1.64. The number of carbonyl (C=O) groups excluding carboxylic acids is 2. The second kappa shape index (κ2) is 11.9. The highest BCUT2D eigenvalue weighted by Crippen LogP contribution is 2.49. The number of thioether (sulfide) groups is 1. The van der Waals surface area contributed by atoms with Gasteiger partial charge < -0.3 is 29.2 Å². The number of hydrogen-bond acceptors (Lipinski definition) is 7. The maximum Gasteiger partial charge on any atom is 0.244 e. The Labute approximate surface area is 220 Å². The maximum atomic E-state index is 13.6. The van der Waals surface area contributed by atoms with Crippen LogP contribution in [0.2, 0.25) is 0 Å². The number of hydrogen-bond donors (Lipinski definition) is 1. The Morgan fingerprint density at radius 3 is 2.32 bits per heavy atom. The van der Waals surface area contributed by atoms with Crippen LogP contribution in [0, 0.1) is 0 Å².